The van der Waals surface area contributed by atoms with Gasteiger partial charge in [0.1, 0.15) is 5.75 Å². The number of hydrogen-bond acceptors (Lipinski definition) is 5. The van der Waals surface area contributed by atoms with Gasteiger partial charge in [-0.3, -0.25) is 9.78 Å². The normalized spacial score (nSPS) is 11.1. The van der Waals surface area contributed by atoms with Crippen molar-refractivity contribution < 1.29 is 9.53 Å². The first-order chi connectivity index (χ1) is 11.6. The van der Waals surface area contributed by atoms with Crippen molar-refractivity contribution in [3.05, 3.63) is 58.6 Å². The lowest BCUT2D eigenvalue weighted by Gasteiger charge is -2.05. The molecule has 3 rings (SSSR count). The summed E-state index contributed by atoms with van der Waals surface area (Å²) in [6.45, 7) is 4.00. The van der Waals surface area contributed by atoms with E-state index in [9.17, 15) is 4.79 Å². The molecule has 0 spiro atoms. The van der Waals surface area contributed by atoms with Gasteiger partial charge >= 0.3 is 0 Å². The molecule has 0 aliphatic heterocycles. The lowest BCUT2D eigenvalue weighted by Crippen LogP contribution is -2.24. The summed E-state index contributed by atoms with van der Waals surface area (Å²) in [7, 11) is 0. The van der Waals surface area contributed by atoms with Crippen molar-refractivity contribution >= 4 is 33.7 Å². The van der Waals surface area contributed by atoms with E-state index in [1.807, 2.05) is 36.6 Å². The fourth-order valence-electron chi connectivity index (χ4n) is 2.16. The van der Waals surface area contributed by atoms with Crippen LogP contribution in [-0.4, -0.2) is 23.7 Å². The first-order valence-corrected chi connectivity index (χ1v) is 8.35. The molecule has 24 heavy (non-hydrogen) atoms. The van der Waals surface area contributed by atoms with Crippen LogP contribution < -0.4 is 10.2 Å². The molecule has 1 N–H and O–H groups in total. The third-order valence-electron chi connectivity index (χ3n) is 3.60. The summed E-state index contributed by atoms with van der Waals surface area (Å²) in [6.07, 6.45) is 3.29. The Morgan fingerprint density at radius 2 is 2.17 bits per heavy atom. The van der Waals surface area contributed by atoms with Gasteiger partial charge in [0.2, 0.25) is 0 Å². The lowest BCUT2D eigenvalue weighted by atomic mass is 10.1. The molecule has 3 aromatic rings. The summed E-state index contributed by atoms with van der Waals surface area (Å²) in [5, 5.41) is 5.91. The standard InChI is InChI=1S/C18H17N3O2S/c1-12-3-4-14(9-13(12)2)10-20-21-17(22)11-23-16-5-7-19-15-6-8-24-18(15)16/h3-10H,11H2,1-2H3,(H,21,22)/b20-10+. The molecule has 2 aromatic heterocycles. The number of carbonyl (C=O) groups is 1. The lowest BCUT2D eigenvalue weighted by molar-refractivity contribution is -0.123. The Labute approximate surface area is 144 Å². The number of nitrogens with zero attached hydrogens (tertiary/aromatic N) is 2. The van der Waals surface area contributed by atoms with Crippen LogP contribution in [0.15, 0.2) is 47.0 Å². The fourth-order valence-corrected chi connectivity index (χ4v) is 2.98. The van der Waals surface area contributed by atoms with Crippen LogP contribution in [0.2, 0.25) is 0 Å². The molecule has 0 aliphatic rings. The molecule has 0 unspecified atom stereocenters. The Morgan fingerprint density at radius 1 is 1.29 bits per heavy atom. The van der Waals surface area contributed by atoms with E-state index in [1.54, 1.807) is 18.5 Å². The first-order valence-electron chi connectivity index (χ1n) is 7.47. The Kier molecular flexibility index (Phi) is 4.86. The van der Waals surface area contributed by atoms with Crippen molar-refractivity contribution in [1.82, 2.24) is 10.4 Å². The molecule has 122 valence electrons. The zero-order valence-corrected chi connectivity index (χ0v) is 14.3. The van der Waals surface area contributed by atoms with Crippen molar-refractivity contribution in [2.75, 3.05) is 6.61 Å². The minimum atomic E-state index is -0.309. The van der Waals surface area contributed by atoms with E-state index >= 15 is 0 Å². The Hall–Kier alpha value is -2.73. The number of benzene rings is 1. The summed E-state index contributed by atoms with van der Waals surface area (Å²) in [5.41, 5.74) is 6.69. The summed E-state index contributed by atoms with van der Waals surface area (Å²) in [5.74, 6) is 0.347. The average Bonchev–Trinajstić information content (AvgIpc) is 3.05. The molecule has 0 atom stereocenters. The van der Waals surface area contributed by atoms with Gasteiger partial charge in [0.05, 0.1) is 16.4 Å². The van der Waals surface area contributed by atoms with Gasteiger partial charge in [0, 0.05) is 12.3 Å². The zero-order chi connectivity index (χ0) is 16.9. The minimum absolute atomic E-state index is 0.0960. The van der Waals surface area contributed by atoms with Crippen LogP contribution >= 0.6 is 11.3 Å². The molecular formula is C18H17N3O2S. The molecule has 0 aliphatic carbocycles. The van der Waals surface area contributed by atoms with E-state index in [2.05, 4.69) is 22.4 Å². The maximum absolute atomic E-state index is 11.8. The van der Waals surface area contributed by atoms with Gasteiger partial charge in [-0.25, -0.2) is 5.43 Å². The number of rotatable bonds is 5. The second kappa shape index (κ2) is 7.23. The number of aryl methyl sites for hydroxylation is 2. The van der Waals surface area contributed by atoms with Crippen LogP contribution in [0.4, 0.5) is 0 Å². The van der Waals surface area contributed by atoms with Crippen molar-refractivity contribution in [3.63, 3.8) is 0 Å². The summed E-state index contributed by atoms with van der Waals surface area (Å²) in [6, 6.07) is 9.67. The number of aromatic nitrogens is 1. The number of ether oxygens (including phenoxy) is 1. The van der Waals surface area contributed by atoms with Crippen molar-refractivity contribution in [2.45, 2.75) is 13.8 Å². The maximum Gasteiger partial charge on any atom is 0.277 e. The maximum atomic E-state index is 11.8. The van der Waals surface area contributed by atoms with Crippen molar-refractivity contribution in [2.24, 2.45) is 5.10 Å². The Morgan fingerprint density at radius 3 is 3.00 bits per heavy atom. The second-order valence-corrected chi connectivity index (χ2v) is 6.29. The minimum Gasteiger partial charge on any atom is -0.482 e. The number of fused-ring (bicyclic) bond motifs is 1. The summed E-state index contributed by atoms with van der Waals surface area (Å²) in [4.78, 5) is 16.1. The number of hydrogen-bond donors (Lipinski definition) is 1. The van der Waals surface area contributed by atoms with E-state index in [0.29, 0.717) is 5.75 Å². The Balaban J connectivity index is 1.55. The van der Waals surface area contributed by atoms with Gasteiger partial charge in [-0.2, -0.15) is 5.10 Å². The third kappa shape index (κ3) is 3.78. The highest BCUT2D eigenvalue weighted by Crippen LogP contribution is 2.28. The molecule has 1 amide bonds. The van der Waals surface area contributed by atoms with Gasteiger partial charge in [-0.1, -0.05) is 18.2 Å². The van der Waals surface area contributed by atoms with Crippen LogP contribution in [0.25, 0.3) is 10.2 Å². The molecule has 2 heterocycles. The summed E-state index contributed by atoms with van der Waals surface area (Å²) >= 11 is 1.53. The highest BCUT2D eigenvalue weighted by molar-refractivity contribution is 7.17. The van der Waals surface area contributed by atoms with E-state index in [-0.39, 0.29) is 12.5 Å². The molecule has 5 nitrogen and oxygen atoms in total. The molecular weight excluding hydrogens is 322 g/mol. The number of carbonyl (C=O) groups excluding carboxylic acids is 1. The van der Waals surface area contributed by atoms with Gasteiger partial charge in [0.15, 0.2) is 6.61 Å². The molecule has 0 radical (unpaired) electrons. The molecule has 0 bridgehead atoms. The number of hydrazone groups is 1. The van der Waals surface area contributed by atoms with Crippen LogP contribution in [0.1, 0.15) is 16.7 Å². The topological polar surface area (TPSA) is 63.6 Å². The van der Waals surface area contributed by atoms with Gasteiger partial charge in [-0.15, -0.1) is 11.3 Å². The SMILES string of the molecule is Cc1ccc(/C=N/NC(=O)COc2ccnc3ccsc23)cc1C. The first kappa shape index (κ1) is 16.1. The van der Waals surface area contributed by atoms with Crippen LogP contribution in [0.3, 0.4) is 0 Å². The van der Waals surface area contributed by atoms with Crippen LogP contribution in [0.5, 0.6) is 5.75 Å². The van der Waals surface area contributed by atoms with E-state index in [4.69, 9.17) is 4.74 Å². The molecule has 0 fully saturated rings. The molecule has 0 saturated heterocycles. The average molecular weight is 339 g/mol. The molecule has 0 saturated carbocycles. The van der Waals surface area contributed by atoms with E-state index < -0.39 is 0 Å². The number of amides is 1. The predicted molar refractivity (Wildman–Crippen MR) is 96.8 cm³/mol. The van der Waals surface area contributed by atoms with Crippen LogP contribution in [-0.2, 0) is 4.79 Å². The predicted octanol–water partition coefficient (Wildman–Crippen LogP) is 3.44. The number of thiophene rings is 1. The van der Waals surface area contributed by atoms with E-state index in [0.717, 1.165) is 15.8 Å². The molecule has 1 aromatic carbocycles. The highest BCUT2D eigenvalue weighted by atomic mass is 32.1. The van der Waals surface area contributed by atoms with Gasteiger partial charge in [-0.05, 0) is 42.0 Å². The van der Waals surface area contributed by atoms with Crippen LogP contribution in [0, 0.1) is 13.8 Å². The molecule has 6 heteroatoms. The van der Waals surface area contributed by atoms with Crippen molar-refractivity contribution in [1.29, 1.82) is 0 Å². The zero-order valence-electron chi connectivity index (χ0n) is 13.4. The largest absolute Gasteiger partial charge is 0.482 e. The van der Waals surface area contributed by atoms with E-state index in [1.165, 1.54) is 22.5 Å². The Bertz CT molecular complexity index is 902. The highest BCUT2D eigenvalue weighted by Gasteiger charge is 2.07. The summed E-state index contributed by atoms with van der Waals surface area (Å²) < 4.78 is 6.50. The fraction of sp³-hybridized carbons (Fsp3) is 0.167. The number of pyridine rings is 1. The second-order valence-electron chi connectivity index (χ2n) is 5.37. The number of nitrogens with one attached hydrogen (secondary N) is 1. The van der Waals surface area contributed by atoms with Gasteiger partial charge in [0.25, 0.3) is 5.91 Å². The quantitative estimate of drug-likeness (QED) is 0.572. The third-order valence-corrected chi connectivity index (χ3v) is 4.52. The van der Waals surface area contributed by atoms with Crippen molar-refractivity contribution in [3.8, 4) is 5.75 Å². The monoisotopic (exact) mass is 339 g/mol. The van der Waals surface area contributed by atoms with Gasteiger partial charge < -0.3 is 4.74 Å². The smallest absolute Gasteiger partial charge is 0.277 e.